The minimum absolute atomic E-state index is 0.181. The van der Waals surface area contributed by atoms with E-state index in [1.165, 1.54) is 12.5 Å². The van der Waals surface area contributed by atoms with E-state index in [1.54, 1.807) is 31.2 Å². The molecule has 0 spiro atoms. The summed E-state index contributed by atoms with van der Waals surface area (Å²) in [5.74, 6) is -7.76. The number of unbranched alkanes of at least 4 members (excludes halogenated alkanes) is 8. The Morgan fingerprint density at radius 3 is 2.04 bits per heavy atom. The molecule has 0 aliphatic carbocycles. The zero-order chi connectivity index (χ0) is 34.8. The van der Waals surface area contributed by atoms with E-state index in [0.717, 1.165) is 51.0 Å². The quantitative estimate of drug-likeness (QED) is 0.0753. The number of hydrogen-bond acceptors (Lipinski definition) is 9. The van der Waals surface area contributed by atoms with Gasteiger partial charge in [0.2, 0.25) is 5.91 Å². The van der Waals surface area contributed by atoms with Gasteiger partial charge in [-0.2, -0.15) is 0 Å². The number of Topliss-reactive ketones (excluding diaryl/α,β-unsaturated/α-hetero) is 1. The molecule has 1 amide bonds. The van der Waals surface area contributed by atoms with E-state index in [-0.39, 0.29) is 12.2 Å². The SMILES string of the molecule is CCCCCCCC(=O)CCCCCC/C=C/[C@H](C(=O)N[C@@H](Cc1ccc(-c2nonc2C)cc1)C(=O)O)[C@@](O)(CC(=O)O)C(=O)O. The maximum Gasteiger partial charge on any atom is 0.337 e. The minimum Gasteiger partial charge on any atom is -0.481 e. The number of carbonyl (C=O) groups is 5. The van der Waals surface area contributed by atoms with Gasteiger partial charge < -0.3 is 25.7 Å². The lowest BCUT2D eigenvalue weighted by Crippen LogP contribution is -2.55. The van der Waals surface area contributed by atoms with E-state index >= 15 is 0 Å². The van der Waals surface area contributed by atoms with Gasteiger partial charge in [0.25, 0.3) is 0 Å². The summed E-state index contributed by atoms with van der Waals surface area (Å²) < 4.78 is 4.70. The third-order valence-electron chi connectivity index (χ3n) is 7.99. The van der Waals surface area contributed by atoms with Gasteiger partial charge in [-0.1, -0.05) is 87.0 Å². The van der Waals surface area contributed by atoms with Gasteiger partial charge in [-0.05, 0) is 43.3 Å². The number of hydrogen-bond donors (Lipinski definition) is 5. The molecule has 2 aromatic rings. The Morgan fingerprint density at radius 1 is 0.894 bits per heavy atom. The van der Waals surface area contributed by atoms with Crippen molar-refractivity contribution in [3.8, 4) is 11.3 Å². The average Bonchev–Trinajstić information content (AvgIpc) is 3.45. The van der Waals surface area contributed by atoms with Crippen molar-refractivity contribution >= 4 is 29.6 Å². The van der Waals surface area contributed by atoms with Gasteiger partial charge in [-0.3, -0.25) is 14.4 Å². The van der Waals surface area contributed by atoms with E-state index in [9.17, 15) is 44.4 Å². The highest BCUT2D eigenvalue weighted by Crippen LogP contribution is 2.26. The fourth-order valence-corrected chi connectivity index (χ4v) is 5.22. The number of aliphatic hydroxyl groups is 1. The predicted octanol–water partition coefficient (Wildman–Crippen LogP) is 4.89. The number of carboxylic acids is 3. The first-order valence-electron chi connectivity index (χ1n) is 16.2. The van der Waals surface area contributed by atoms with Crippen LogP contribution >= 0.6 is 0 Å². The second-order valence-corrected chi connectivity index (χ2v) is 11.9. The topological polar surface area (TPSA) is 217 Å². The van der Waals surface area contributed by atoms with Crippen LogP contribution in [0, 0.1) is 12.8 Å². The van der Waals surface area contributed by atoms with Crippen LogP contribution in [0.15, 0.2) is 41.0 Å². The summed E-state index contributed by atoms with van der Waals surface area (Å²) in [5.41, 5.74) is -0.752. The van der Waals surface area contributed by atoms with Crippen molar-refractivity contribution in [3.63, 3.8) is 0 Å². The van der Waals surface area contributed by atoms with Crippen LogP contribution in [0.25, 0.3) is 11.3 Å². The van der Waals surface area contributed by atoms with E-state index in [1.807, 2.05) is 0 Å². The number of aromatic nitrogens is 2. The van der Waals surface area contributed by atoms with Crippen molar-refractivity contribution < 1.29 is 49.0 Å². The standard InChI is InChI=1S/C34H47N3O10/c1-3-4-5-8-11-14-26(38)15-12-9-6-7-10-13-16-27(34(46,33(44)45)22-29(39)40)31(41)35-28(32(42)43)21-24-17-19-25(20-18-24)30-23(2)36-47-37-30/h13,16-20,27-28,46H,3-12,14-15,21-22H2,1-2H3,(H,35,41)(H,39,40)(H,42,43)(H,44,45)/b16-13+/t27-,28+,34+/m1/s1. The molecule has 0 unspecified atom stereocenters. The molecule has 0 saturated carbocycles. The number of carboxylic acid groups (broad SMARTS) is 3. The van der Waals surface area contributed by atoms with Crippen molar-refractivity contribution in [1.82, 2.24) is 15.6 Å². The lowest BCUT2D eigenvalue weighted by molar-refractivity contribution is -0.172. The van der Waals surface area contributed by atoms with Gasteiger partial charge in [-0.15, -0.1) is 0 Å². The van der Waals surface area contributed by atoms with Gasteiger partial charge in [-0.25, -0.2) is 14.2 Å². The largest absolute Gasteiger partial charge is 0.481 e. The van der Waals surface area contributed by atoms with Crippen molar-refractivity contribution in [2.75, 3.05) is 0 Å². The van der Waals surface area contributed by atoms with E-state index in [4.69, 9.17) is 4.63 Å². The molecule has 2 rings (SSSR count). The van der Waals surface area contributed by atoms with Crippen LogP contribution in [0.2, 0.25) is 0 Å². The van der Waals surface area contributed by atoms with Gasteiger partial charge in [0.05, 0.1) is 12.3 Å². The number of aryl methyl sites for hydroxylation is 1. The average molecular weight is 658 g/mol. The second kappa shape index (κ2) is 20.0. The highest BCUT2D eigenvalue weighted by Gasteiger charge is 2.49. The third-order valence-corrected chi connectivity index (χ3v) is 7.99. The molecule has 1 aromatic carbocycles. The molecular formula is C34H47N3O10. The number of nitrogens with zero attached hydrogens (tertiary/aromatic N) is 2. The van der Waals surface area contributed by atoms with Crippen LogP contribution in [0.1, 0.15) is 102 Å². The normalized spacial score (nSPS) is 13.9. The first-order chi connectivity index (χ1) is 22.4. The molecule has 0 aliphatic rings. The lowest BCUT2D eigenvalue weighted by Gasteiger charge is -2.29. The molecule has 13 nitrogen and oxygen atoms in total. The molecule has 3 atom stereocenters. The number of nitrogens with one attached hydrogen (secondary N) is 1. The molecule has 0 saturated heterocycles. The molecule has 0 aliphatic heterocycles. The Kier molecular flexibility index (Phi) is 16.5. The smallest absolute Gasteiger partial charge is 0.337 e. The van der Waals surface area contributed by atoms with Crippen molar-refractivity contribution in [2.24, 2.45) is 5.92 Å². The van der Waals surface area contributed by atoms with Crippen LogP contribution in [-0.2, 0) is 30.4 Å². The summed E-state index contributed by atoms with van der Waals surface area (Å²) in [7, 11) is 0. The first-order valence-corrected chi connectivity index (χ1v) is 16.2. The van der Waals surface area contributed by atoms with Crippen LogP contribution in [0.4, 0.5) is 0 Å². The highest BCUT2D eigenvalue weighted by atomic mass is 16.6. The molecule has 47 heavy (non-hydrogen) atoms. The highest BCUT2D eigenvalue weighted by molar-refractivity contribution is 5.94. The lowest BCUT2D eigenvalue weighted by atomic mass is 9.82. The Bertz CT molecular complexity index is 1350. The molecule has 0 fully saturated rings. The van der Waals surface area contributed by atoms with Gasteiger partial charge in [0.15, 0.2) is 5.60 Å². The van der Waals surface area contributed by atoms with Crippen molar-refractivity contribution in [2.45, 2.75) is 115 Å². The summed E-state index contributed by atoms with van der Waals surface area (Å²) in [5, 5.41) is 49.6. The number of benzene rings is 1. The van der Waals surface area contributed by atoms with Gasteiger partial charge in [0.1, 0.15) is 23.2 Å². The molecule has 5 N–H and O–H groups in total. The summed E-state index contributed by atoms with van der Waals surface area (Å²) in [6, 6.07) is 5.10. The predicted molar refractivity (Wildman–Crippen MR) is 171 cm³/mol. The van der Waals surface area contributed by atoms with Gasteiger partial charge in [0, 0.05) is 24.8 Å². The maximum absolute atomic E-state index is 13.3. The fourth-order valence-electron chi connectivity index (χ4n) is 5.22. The minimum atomic E-state index is -3.03. The maximum atomic E-state index is 13.3. The van der Waals surface area contributed by atoms with E-state index in [0.29, 0.717) is 48.2 Å². The van der Waals surface area contributed by atoms with Gasteiger partial charge >= 0.3 is 17.9 Å². The van der Waals surface area contributed by atoms with E-state index in [2.05, 4.69) is 22.6 Å². The number of carbonyl (C=O) groups excluding carboxylic acids is 2. The molecular weight excluding hydrogens is 610 g/mol. The van der Waals surface area contributed by atoms with Crippen molar-refractivity contribution in [1.29, 1.82) is 0 Å². The monoisotopic (exact) mass is 657 g/mol. The Balaban J connectivity index is 2.01. The molecule has 0 radical (unpaired) electrons. The van der Waals surface area contributed by atoms with Crippen molar-refractivity contribution in [3.05, 3.63) is 47.7 Å². The zero-order valence-electron chi connectivity index (χ0n) is 27.2. The molecule has 1 heterocycles. The number of allylic oxidation sites excluding steroid dienone is 1. The molecule has 1 aromatic heterocycles. The Labute approximate surface area is 274 Å². The number of rotatable bonds is 24. The van der Waals surface area contributed by atoms with Crippen LogP contribution in [0.3, 0.4) is 0 Å². The molecule has 13 heteroatoms. The summed E-state index contributed by atoms with van der Waals surface area (Å²) in [4.78, 5) is 61.0. The molecule has 258 valence electrons. The number of ketones is 1. The second-order valence-electron chi connectivity index (χ2n) is 11.9. The Hall–Kier alpha value is -4.39. The zero-order valence-corrected chi connectivity index (χ0v) is 27.2. The van der Waals surface area contributed by atoms with E-state index < -0.39 is 47.8 Å². The number of amides is 1. The summed E-state index contributed by atoms with van der Waals surface area (Å²) in [6.07, 6.45) is 11.2. The number of aliphatic carboxylic acids is 3. The summed E-state index contributed by atoms with van der Waals surface area (Å²) in [6.45, 7) is 3.86. The Morgan fingerprint density at radius 2 is 1.51 bits per heavy atom. The van der Waals surface area contributed by atoms with Crippen LogP contribution in [-0.4, -0.2) is 72.0 Å². The fraction of sp³-hybridized carbons (Fsp3) is 0.559. The summed E-state index contributed by atoms with van der Waals surface area (Å²) >= 11 is 0. The molecule has 0 bridgehead atoms. The van der Waals surface area contributed by atoms with Crippen LogP contribution in [0.5, 0.6) is 0 Å². The first kappa shape index (κ1) is 38.8. The third kappa shape index (κ3) is 13.1. The van der Waals surface area contributed by atoms with Crippen LogP contribution < -0.4 is 5.32 Å².